The molecular weight excluding hydrogens is 246 g/mol. The quantitative estimate of drug-likeness (QED) is 0.200. The fourth-order valence-corrected chi connectivity index (χ4v) is 0.642. The molecular formula is C7H17CaN3O3S+2. The molecule has 0 aromatic heterocycles. The summed E-state index contributed by atoms with van der Waals surface area (Å²) >= 11 is 0. The molecule has 0 bridgehead atoms. The molecule has 0 saturated heterocycles. The van der Waals surface area contributed by atoms with E-state index in [4.69, 9.17) is 21.3 Å². The summed E-state index contributed by atoms with van der Waals surface area (Å²) in [5.74, 6) is 0. The van der Waals surface area contributed by atoms with Gasteiger partial charge in [0.1, 0.15) is 0 Å². The number of thiocyanates is 1. The summed E-state index contributed by atoms with van der Waals surface area (Å²) in [4.78, 5) is 0. The van der Waals surface area contributed by atoms with Gasteiger partial charge in [-0.15, -0.1) is 0 Å². The number of nitriles is 1. The number of hydrogen-bond acceptors (Lipinski definition) is 5. The van der Waals surface area contributed by atoms with Crippen molar-refractivity contribution in [1.82, 2.24) is 0 Å². The van der Waals surface area contributed by atoms with Gasteiger partial charge in [-0.05, 0) is 25.9 Å². The maximum absolute atomic E-state index is 9.19. The average Bonchev–Trinajstić information content (AvgIpc) is 2.13. The maximum atomic E-state index is 9.19. The SMILES string of the molecule is N#CS(=O)(=O)O.NCCCCCCN.[Ca+2]. The Labute approximate surface area is 121 Å². The Morgan fingerprint density at radius 1 is 1.07 bits per heavy atom. The molecule has 6 nitrogen and oxygen atoms in total. The molecule has 0 atom stereocenters. The van der Waals surface area contributed by atoms with Crippen LogP contribution in [0, 0.1) is 10.7 Å². The molecule has 8 heteroatoms. The summed E-state index contributed by atoms with van der Waals surface area (Å²) in [6.45, 7) is 1.65. The van der Waals surface area contributed by atoms with E-state index in [0.717, 1.165) is 25.9 Å². The fraction of sp³-hybridized carbons (Fsp3) is 0.857. The largest absolute Gasteiger partial charge is 2.00 e. The molecule has 84 valence electrons. The van der Waals surface area contributed by atoms with E-state index in [-0.39, 0.29) is 37.7 Å². The minimum atomic E-state index is -4.36. The average molecular weight is 263 g/mol. The second kappa shape index (κ2) is 14.6. The van der Waals surface area contributed by atoms with Crippen molar-refractivity contribution in [3.05, 3.63) is 0 Å². The van der Waals surface area contributed by atoms with Gasteiger partial charge in [-0.25, -0.2) is 0 Å². The first-order chi connectivity index (χ1) is 6.47. The van der Waals surface area contributed by atoms with Crippen molar-refractivity contribution >= 4 is 47.9 Å². The molecule has 0 aliphatic rings. The normalized spacial score (nSPS) is 9.20. The van der Waals surface area contributed by atoms with Crippen molar-refractivity contribution in [2.45, 2.75) is 25.7 Å². The van der Waals surface area contributed by atoms with Gasteiger partial charge in [-0.2, -0.15) is 13.7 Å². The molecule has 0 radical (unpaired) electrons. The van der Waals surface area contributed by atoms with E-state index in [1.807, 2.05) is 0 Å². The van der Waals surface area contributed by atoms with Crippen molar-refractivity contribution in [3.63, 3.8) is 0 Å². The van der Waals surface area contributed by atoms with Crippen LogP contribution < -0.4 is 11.5 Å². The van der Waals surface area contributed by atoms with Gasteiger partial charge in [-0.3, -0.25) is 4.55 Å². The van der Waals surface area contributed by atoms with E-state index in [1.165, 1.54) is 12.8 Å². The first-order valence-electron chi connectivity index (χ1n) is 4.26. The van der Waals surface area contributed by atoms with Gasteiger partial charge >= 0.3 is 47.9 Å². The standard InChI is InChI=1S/C6H16N2.CHNO3S.Ca/c7-5-3-1-2-4-6-8;2-1-6(3,4)5;/h1-8H2;(H,3,4,5);/q;;+2. The predicted octanol–water partition coefficient (Wildman–Crippen LogP) is -0.561. The summed E-state index contributed by atoms with van der Waals surface area (Å²) in [7, 11) is -4.36. The van der Waals surface area contributed by atoms with Crippen LogP contribution in [-0.2, 0) is 10.1 Å². The predicted molar refractivity (Wildman–Crippen MR) is 59.5 cm³/mol. The van der Waals surface area contributed by atoms with Gasteiger partial charge in [0.2, 0.25) is 5.40 Å². The van der Waals surface area contributed by atoms with Gasteiger partial charge in [-0.1, -0.05) is 12.8 Å². The zero-order valence-corrected chi connectivity index (χ0v) is 11.7. The van der Waals surface area contributed by atoms with Crippen molar-refractivity contribution in [2.24, 2.45) is 11.5 Å². The van der Waals surface area contributed by atoms with Crippen LogP contribution in [0.3, 0.4) is 0 Å². The second-order valence-corrected chi connectivity index (χ2v) is 3.69. The van der Waals surface area contributed by atoms with Crippen LogP contribution in [-0.4, -0.2) is 63.8 Å². The number of nitrogens with two attached hydrogens (primary N) is 2. The summed E-state index contributed by atoms with van der Waals surface area (Å²) in [5.41, 5.74) is 10.6. The maximum Gasteiger partial charge on any atom is 2.00 e. The Bertz CT molecular complexity index is 245. The smallest absolute Gasteiger partial charge is 0.330 e. The third-order valence-electron chi connectivity index (χ3n) is 1.27. The van der Waals surface area contributed by atoms with Crippen LogP contribution in [0.25, 0.3) is 0 Å². The van der Waals surface area contributed by atoms with Gasteiger partial charge in [0.25, 0.3) is 0 Å². The van der Waals surface area contributed by atoms with Crippen molar-refractivity contribution in [2.75, 3.05) is 13.1 Å². The molecule has 0 heterocycles. The van der Waals surface area contributed by atoms with E-state index in [2.05, 4.69) is 0 Å². The van der Waals surface area contributed by atoms with E-state index in [9.17, 15) is 8.42 Å². The van der Waals surface area contributed by atoms with Crippen LogP contribution in [0.5, 0.6) is 0 Å². The summed E-state index contributed by atoms with van der Waals surface area (Å²) in [5, 5.41) is 7.95. The topological polar surface area (TPSA) is 130 Å². The minimum absolute atomic E-state index is 0. The van der Waals surface area contributed by atoms with Crippen LogP contribution >= 0.6 is 0 Å². The number of nitrogens with zero attached hydrogens (tertiary/aromatic N) is 1. The zero-order chi connectivity index (χ0) is 11.4. The molecule has 0 aromatic carbocycles. The molecule has 0 rings (SSSR count). The third kappa shape index (κ3) is 31.3. The molecule has 0 aliphatic heterocycles. The van der Waals surface area contributed by atoms with Crippen LogP contribution in [0.4, 0.5) is 0 Å². The molecule has 0 fully saturated rings. The first-order valence-corrected chi connectivity index (χ1v) is 5.70. The molecule has 0 unspecified atom stereocenters. The zero-order valence-electron chi connectivity index (χ0n) is 8.72. The molecule has 15 heavy (non-hydrogen) atoms. The molecule has 0 spiro atoms. The van der Waals surface area contributed by atoms with Crippen molar-refractivity contribution in [3.8, 4) is 5.40 Å². The summed E-state index contributed by atoms with van der Waals surface area (Å²) in [6.07, 6.45) is 4.79. The van der Waals surface area contributed by atoms with E-state index < -0.39 is 10.1 Å². The second-order valence-electron chi connectivity index (χ2n) is 2.56. The Morgan fingerprint density at radius 2 is 1.33 bits per heavy atom. The van der Waals surface area contributed by atoms with Gasteiger partial charge in [0, 0.05) is 0 Å². The molecule has 0 amide bonds. The number of hydrogen-bond donors (Lipinski definition) is 3. The number of unbranched alkanes of at least 4 members (excludes halogenated alkanes) is 3. The monoisotopic (exact) mass is 263 g/mol. The first kappa shape index (κ1) is 20.9. The minimum Gasteiger partial charge on any atom is -0.330 e. The Hall–Kier alpha value is 0.580. The van der Waals surface area contributed by atoms with Crippen molar-refractivity contribution in [1.29, 1.82) is 5.26 Å². The van der Waals surface area contributed by atoms with E-state index in [0.29, 0.717) is 5.40 Å². The fourth-order valence-electron chi connectivity index (χ4n) is 0.642. The van der Waals surface area contributed by atoms with Crippen LogP contribution in [0.15, 0.2) is 0 Å². The van der Waals surface area contributed by atoms with E-state index >= 15 is 0 Å². The molecule has 5 N–H and O–H groups in total. The van der Waals surface area contributed by atoms with Crippen molar-refractivity contribution < 1.29 is 13.0 Å². The molecule has 0 aromatic rings. The Kier molecular flexibility index (Phi) is 20.3. The Morgan fingerprint density at radius 3 is 1.47 bits per heavy atom. The van der Waals surface area contributed by atoms with Crippen LogP contribution in [0.1, 0.15) is 25.7 Å². The number of rotatable bonds is 5. The van der Waals surface area contributed by atoms with E-state index in [1.54, 1.807) is 0 Å². The Balaban J connectivity index is -0.000000187. The summed E-state index contributed by atoms with van der Waals surface area (Å²) in [6, 6.07) is 0. The van der Waals surface area contributed by atoms with Gasteiger partial charge < -0.3 is 11.5 Å². The van der Waals surface area contributed by atoms with Gasteiger partial charge in [0.05, 0.1) is 0 Å². The van der Waals surface area contributed by atoms with Gasteiger partial charge in [0.15, 0.2) is 0 Å². The summed E-state index contributed by atoms with van der Waals surface area (Å²) < 4.78 is 25.8. The molecule has 0 aliphatic carbocycles. The van der Waals surface area contributed by atoms with Crippen LogP contribution in [0.2, 0.25) is 0 Å². The molecule has 0 saturated carbocycles. The third-order valence-corrected chi connectivity index (χ3v) is 1.50.